The standard InChI is InChI=1S/C20H30N4OS/c1-6-7-8-18-22-17(11-23(18)4)12-24-10-16-9-20(16,13-24)14-25-19(26-5)21-15(2)3/h7-8,11,16H,2,6,9-10,12-14H2,1,3-5H3/b8-7-,21-19?. The minimum absolute atomic E-state index is 0.311. The monoisotopic (exact) mass is 374 g/mol. The van der Waals surface area contributed by atoms with Crippen molar-refractivity contribution >= 4 is 23.1 Å². The van der Waals surface area contributed by atoms with Gasteiger partial charge in [-0.15, -0.1) is 0 Å². The van der Waals surface area contributed by atoms with E-state index >= 15 is 0 Å². The van der Waals surface area contributed by atoms with Gasteiger partial charge in [-0.05, 0) is 38.0 Å². The largest absolute Gasteiger partial charge is 0.472 e. The maximum Gasteiger partial charge on any atom is 0.250 e. The second-order valence-corrected chi connectivity index (χ2v) is 8.31. The number of aliphatic imine (C=N–C) groups is 1. The lowest BCUT2D eigenvalue weighted by Crippen LogP contribution is -2.27. The molecule has 0 spiro atoms. The Morgan fingerprint density at radius 1 is 1.58 bits per heavy atom. The molecule has 0 amide bonds. The molecule has 2 atom stereocenters. The molecule has 0 N–H and O–H groups in total. The molecule has 142 valence electrons. The molecule has 3 rings (SSSR count). The van der Waals surface area contributed by atoms with Crippen LogP contribution in [0.4, 0.5) is 0 Å². The highest BCUT2D eigenvalue weighted by molar-refractivity contribution is 8.12. The topological polar surface area (TPSA) is 42.6 Å². The van der Waals surface area contributed by atoms with Crippen LogP contribution in [-0.4, -0.2) is 45.6 Å². The summed E-state index contributed by atoms with van der Waals surface area (Å²) in [7, 11) is 2.06. The number of thioether (sulfide) groups is 1. The molecule has 2 fully saturated rings. The van der Waals surface area contributed by atoms with Crippen LogP contribution in [0.1, 0.15) is 38.2 Å². The van der Waals surface area contributed by atoms with Crippen molar-refractivity contribution in [3.05, 3.63) is 36.1 Å². The summed E-state index contributed by atoms with van der Waals surface area (Å²) in [5, 5.41) is 0.730. The van der Waals surface area contributed by atoms with E-state index in [1.54, 1.807) is 11.8 Å². The van der Waals surface area contributed by atoms with Crippen molar-refractivity contribution in [1.82, 2.24) is 14.5 Å². The van der Waals surface area contributed by atoms with Crippen LogP contribution < -0.4 is 0 Å². The second-order valence-electron chi connectivity index (χ2n) is 7.55. The maximum absolute atomic E-state index is 5.99. The normalized spacial score (nSPS) is 25.7. The summed E-state index contributed by atoms with van der Waals surface area (Å²) in [6.07, 6.45) is 10.7. The first-order valence-electron chi connectivity index (χ1n) is 9.28. The number of hydrogen-bond acceptors (Lipinski definition) is 5. The average Bonchev–Trinajstić information content (AvgIpc) is 2.96. The van der Waals surface area contributed by atoms with Gasteiger partial charge >= 0.3 is 0 Å². The Hall–Kier alpha value is -1.53. The number of hydrogen-bond donors (Lipinski definition) is 0. The summed E-state index contributed by atoms with van der Waals surface area (Å²) in [5.74, 6) is 1.78. The van der Waals surface area contributed by atoms with Gasteiger partial charge < -0.3 is 9.30 Å². The molecule has 2 heterocycles. The van der Waals surface area contributed by atoms with Gasteiger partial charge in [0.2, 0.25) is 5.23 Å². The fourth-order valence-electron chi connectivity index (χ4n) is 3.77. The third-order valence-corrected chi connectivity index (χ3v) is 5.72. The van der Waals surface area contributed by atoms with Crippen molar-refractivity contribution in [2.24, 2.45) is 23.4 Å². The van der Waals surface area contributed by atoms with E-state index in [0.717, 1.165) is 61.0 Å². The summed E-state index contributed by atoms with van der Waals surface area (Å²) in [4.78, 5) is 11.6. The number of aromatic nitrogens is 2. The van der Waals surface area contributed by atoms with E-state index < -0.39 is 0 Å². The van der Waals surface area contributed by atoms with E-state index in [-0.39, 0.29) is 0 Å². The lowest BCUT2D eigenvalue weighted by Gasteiger charge is -2.20. The highest BCUT2D eigenvalue weighted by Gasteiger charge is 2.60. The molecule has 5 nitrogen and oxygen atoms in total. The van der Waals surface area contributed by atoms with Crippen LogP contribution in [0.3, 0.4) is 0 Å². The Morgan fingerprint density at radius 3 is 3.08 bits per heavy atom. The fourth-order valence-corrected chi connectivity index (χ4v) is 4.20. The smallest absolute Gasteiger partial charge is 0.250 e. The molecule has 1 aromatic heterocycles. The van der Waals surface area contributed by atoms with E-state index in [9.17, 15) is 0 Å². The zero-order valence-corrected chi connectivity index (χ0v) is 17.2. The Labute approximate surface area is 161 Å². The SMILES string of the molecule is C=C(C)N=C(OCC12CC1CN(Cc1cn(C)c(/C=C\CC)n1)C2)SC. The third kappa shape index (κ3) is 4.41. The summed E-state index contributed by atoms with van der Waals surface area (Å²) in [5.41, 5.74) is 2.25. The molecule has 2 unspecified atom stereocenters. The number of fused-ring (bicyclic) bond motifs is 1. The minimum atomic E-state index is 0.311. The van der Waals surface area contributed by atoms with Crippen LogP contribution in [-0.2, 0) is 18.3 Å². The van der Waals surface area contributed by atoms with Gasteiger partial charge in [0.1, 0.15) is 5.82 Å². The molecule has 1 aliphatic heterocycles. The number of likely N-dealkylation sites (tertiary alicyclic amines) is 1. The van der Waals surface area contributed by atoms with Crippen LogP contribution in [0.15, 0.2) is 29.5 Å². The van der Waals surface area contributed by atoms with E-state index in [1.165, 1.54) is 6.42 Å². The molecule has 1 saturated heterocycles. The molecule has 26 heavy (non-hydrogen) atoms. The molecule has 0 bridgehead atoms. The zero-order valence-electron chi connectivity index (χ0n) is 16.4. The molecular formula is C20H30N4OS. The van der Waals surface area contributed by atoms with Gasteiger partial charge in [0, 0.05) is 44.0 Å². The first-order chi connectivity index (χ1) is 12.5. The predicted octanol–water partition coefficient (Wildman–Crippen LogP) is 3.93. The van der Waals surface area contributed by atoms with Gasteiger partial charge in [0.15, 0.2) is 0 Å². The quantitative estimate of drug-likeness (QED) is 0.536. The molecule has 0 radical (unpaired) electrons. The lowest BCUT2D eigenvalue weighted by atomic mass is 10.1. The van der Waals surface area contributed by atoms with Gasteiger partial charge in [-0.2, -0.15) is 0 Å². The second kappa shape index (κ2) is 8.01. The molecule has 2 aliphatic rings. The van der Waals surface area contributed by atoms with Crippen molar-refractivity contribution in [2.75, 3.05) is 26.0 Å². The summed E-state index contributed by atoms with van der Waals surface area (Å²) in [6, 6.07) is 0. The molecule has 1 aromatic rings. The van der Waals surface area contributed by atoms with E-state index in [1.807, 2.05) is 13.2 Å². The summed E-state index contributed by atoms with van der Waals surface area (Å²) in [6.45, 7) is 11.8. The summed E-state index contributed by atoms with van der Waals surface area (Å²) >= 11 is 1.55. The van der Waals surface area contributed by atoms with Crippen molar-refractivity contribution in [3.8, 4) is 0 Å². The number of aryl methyl sites for hydroxylation is 1. The van der Waals surface area contributed by atoms with E-state index in [4.69, 9.17) is 9.72 Å². The Balaban J connectivity index is 1.55. The molecule has 0 aromatic carbocycles. The minimum Gasteiger partial charge on any atom is -0.472 e. The zero-order chi connectivity index (χ0) is 18.7. The van der Waals surface area contributed by atoms with Gasteiger partial charge in [-0.1, -0.05) is 31.3 Å². The number of allylic oxidation sites excluding steroid dienone is 2. The van der Waals surface area contributed by atoms with Crippen LogP contribution in [0, 0.1) is 11.3 Å². The Bertz CT molecular complexity index is 723. The van der Waals surface area contributed by atoms with Gasteiger partial charge in [0.05, 0.1) is 12.3 Å². The van der Waals surface area contributed by atoms with Crippen LogP contribution >= 0.6 is 11.8 Å². The van der Waals surface area contributed by atoms with E-state index in [0.29, 0.717) is 5.41 Å². The first-order valence-corrected chi connectivity index (χ1v) is 10.5. The lowest BCUT2D eigenvalue weighted by molar-refractivity contribution is 0.196. The fraction of sp³-hybridized carbons (Fsp3) is 0.600. The maximum atomic E-state index is 5.99. The third-order valence-electron chi connectivity index (χ3n) is 5.17. The molecular weight excluding hydrogens is 344 g/mol. The highest BCUT2D eigenvalue weighted by atomic mass is 32.2. The first kappa shape index (κ1) is 19.2. The number of nitrogens with zero attached hydrogens (tertiary/aromatic N) is 4. The number of rotatable bonds is 7. The van der Waals surface area contributed by atoms with Gasteiger partial charge in [-0.3, -0.25) is 4.90 Å². The number of piperidine rings is 1. The Kier molecular flexibility index (Phi) is 5.92. The van der Waals surface area contributed by atoms with Crippen LogP contribution in [0.2, 0.25) is 0 Å². The van der Waals surface area contributed by atoms with Crippen molar-refractivity contribution < 1.29 is 4.74 Å². The van der Waals surface area contributed by atoms with Gasteiger partial charge in [0.25, 0.3) is 0 Å². The van der Waals surface area contributed by atoms with Crippen molar-refractivity contribution in [2.45, 2.75) is 33.2 Å². The van der Waals surface area contributed by atoms with Crippen molar-refractivity contribution in [1.29, 1.82) is 0 Å². The van der Waals surface area contributed by atoms with Crippen LogP contribution in [0.5, 0.6) is 0 Å². The molecule has 1 saturated carbocycles. The molecule has 1 aliphatic carbocycles. The number of imidazole rings is 1. The number of ether oxygens (including phenoxy) is 1. The highest BCUT2D eigenvalue weighted by Crippen LogP contribution is 2.58. The van der Waals surface area contributed by atoms with Gasteiger partial charge in [-0.25, -0.2) is 9.98 Å². The molecule has 6 heteroatoms. The van der Waals surface area contributed by atoms with E-state index in [2.05, 4.69) is 53.4 Å². The Morgan fingerprint density at radius 2 is 2.38 bits per heavy atom. The predicted molar refractivity (Wildman–Crippen MR) is 110 cm³/mol. The van der Waals surface area contributed by atoms with Crippen molar-refractivity contribution in [3.63, 3.8) is 0 Å². The summed E-state index contributed by atoms with van der Waals surface area (Å²) < 4.78 is 8.10. The average molecular weight is 375 g/mol. The van der Waals surface area contributed by atoms with Crippen LogP contribution in [0.25, 0.3) is 6.08 Å².